The first-order valence-corrected chi connectivity index (χ1v) is 15.5. The Morgan fingerprint density at radius 3 is 2.56 bits per heavy atom. The molecule has 5 aromatic rings. The number of hydrogen-bond acceptors (Lipinski definition) is 8. The van der Waals surface area contributed by atoms with Gasteiger partial charge in [-0.2, -0.15) is 0 Å². The SMILES string of the molecule is Cc1cccc(-n2c(SCc3nc(C(=O)N4CCN(c5ccccc5C)CC4)cs3)nnc2-c2cccs2)c1. The third kappa shape index (κ3) is 5.50. The number of amides is 1. The second-order valence-electron chi connectivity index (χ2n) is 9.44. The summed E-state index contributed by atoms with van der Waals surface area (Å²) in [5.74, 6) is 1.46. The van der Waals surface area contributed by atoms with Crippen LogP contribution in [-0.4, -0.2) is 56.7 Å². The molecule has 1 aliphatic heterocycles. The van der Waals surface area contributed by atoms with Gasteiger partial charge in [0, 0.05) is 37.2 Å². The number of thiophene rings is 1. The molecule has 0 spiro atoms. The Morgan fingerprint density at radius 2 is 1.79 bits per heavy atom. The Balaban J connectivity index is 1.13. The lowest BCUT2D eigenvalue weighted by Gasteiger charge is -2.36. The molecular formula is C29H28N6OS3. The Hall–Kier alpha value is -3.47. The van der Waals surface area contributed by atoms with Crippen molar-refractivity contribution in [3.8, 4) is 16.4 Å². The van der Waals surface area contributed by atoms with Crippen molar-refractivity contribution in [2.24, 2.45) is 0 Å². The summed E-state index contributed by atoms with van der Waals surface area (Å²) in [7, 11) is 0. The summed E-state index contributed by atoms with van der Waals surface area (Å²) in [5, 5.41) is 14.7. The van der Waals surface area contributed by atoms with Crippen molar-refractivity contribution < 1.29 is 4.79 Å². The van der Waals surface area contributed by atoms with Gasteiger partial charge in [-0.15, -0.1) is 32.9 Å². The maximum absolute atomic E-state index is 13.2. The van der Waals surface area contributed by atoms with E-state index in [2.05, 4.69) is 88.1 Å². The standard InChI is InChI=1S/C29H28N6OS3/c1-20-7-5-9-22(17-20)35-27(25-11-6-16-37-25)31-32-29(35)39-19-26-30-23(18-38-26)28(36)34-14-12-33(13-15-34)24-10-4-3-8-21(24)2/h3-11,16-18H,12-15,19H2,1-2H3. The van der Waals surface area contributed by atoms with Gasteiger partial charge in [-0.3, -0.25) is 9.36 Å². The van der Waals surface area contributed by atoms with E-state index < -0.39 is 0 Å². The number of thiazole rings is 1. The van der Waals surface area contributed by atoms with Gasteiger partial charge in [-0.1, -0.05) is 48.2 Å². The minimum absolute atomic E-state index is 0.00911. The van der Waals surface area contributed by atoms with E-state index in [1.165, 1.54) is 28.2 Å². The fraction of sp³-hybridized carbons (Fsp3) is 0.241. The third-order valence-electron chi connectivity index (χ3n) is 6.75. The summed E-state index contributed by atoms with van der Waals surface area (Å²) < 4.78 is 2.11. The number of hydrogen-bond donors (Lipinski definition) is 0. The van der Waals surface area contributed by atoms with Crippen LogP contribution >= 0.6 is 34.4 Å². The largest absolute Gasteiger partial charge is 0.368 e. The summed E-state index contributed by atoms with van der Waals surface area (Å²) in [4.78, 5) is 23.3. The van der Waals surface area contributed by atoms with Gasteiger partial charge < -0.3 is 9.80 Å². The number of para-hydroxylation sites is 1. The Bertz CT molecular complexity index is 1580. The fourth-order valence-electron chi connectivity index (χ4n) is 4.76. The van der Waals surface area contributed by atoms with Gasteiger partial charge >= 0.3 is 0 Å². The summed E-state index contributed by atoms with van der Waals surface area (Å²) in [6.07, 6.45) is 0. The number of carbonyl (C=O) groups excluding carboxylic acids is 1. The first-order chi connectivity index (χ1) is 19.1. The Morgan fingerprint density at radius 1 is 0.949 bits per heavy atom. The lowest BCUT2D eigenvalue weighted by atomic mass is 10.1. The molecule has 2 aromatic carbocycles. The van der Waals surface area contributed by atoms with Gasteiger partial charge in [0.1, 0.15) is 10.7 Å². The van der Waals surface area contributed by atoms with E-state index >= 15 is 0 Å². The highest BCUT2D eigenvalue weighted by Crippen LogP contribution is 2.32. The molecule has 0 aliphatic carbocycles. The number of anilines is 1. The minimum atomic E-state index is 0.00911. The van der Waals surface area contributed by atoms with Gasteiger partial charge in [-0.25, -0.2) is 4.98 Å². The van der Waals surface area contributed by atoms with Crippen molar-refractivity contribution in [2.45, 2.75) is 24.8 Å². The molecule has 0 saturated carbocycles. The molecule has 1 aliphatic rings. The Labute approximate surface area is 240 Å². The van der Waals surface area contributed by atoms with Crippen molar-refractivity contribution >= 4 is 46.0 Å². The predicted octanol–water partition coefficient (Wildman–Crippen LogP) is 6.32. The zero-order valence-corrected chi connectivity index (χ0v) is 24.2. The van der Waals surface area contributed by atoms with E-state index in [-0.39, 0.29) is 5.91 Å². The van der Waals surface area contributed by atoms with Crippen LogP contribution in [0.15, 0.2) is 76.6 Å². The van der Waals surface area contributed by atoms with Crippen molar-refractivity contribution in [3.63, 3.8) is 0 Å². The molecule has 198 valence electrons. The van der Waals surface area contributed by atoms with Crippen LogP contribution in [0.1, 0.15) is 26.6 Å². The molecule has 0 bridgehead atoms. The number of aromatic nitrogens is 4. The van der Waals surface area contributed by atoms with Crippen LogP contribution in [0.5, 0.6) is 0 Å². The highest BCUT2D eigenvalue weighted by molar-refractivity contribution is 7.98. The zero-order valence-electron chi connectivity index (χ0n) is 21.8. The second kappa shape index (κ2) is 11.3. The van der Waals surface area contributed by atoms with Gasteiger partial charge in [0.05, 0.1) is 16.3 Å². The average molecular weight is 573 g/mol. The van der Waals surface area contributed by atoms with E-state index in [0.29, 0.717) is 24.5 Å². The van der Waals surface area contributed by atoms with E-state index in [1.807, 2.05) is 21.7 Å². The second-order valence-corrected chi connectivity index (χ2v) is 12.3. The number of benzene rings is 2. The number of aryl methyl sites for hydroxylation is 2. The fourth-order valence-corrected chi connectivity index (χ4v) is 7.20. The summed E-state index contributed by atoms with van der Waals surface area (Å²) in [6, 6.07) is 20.9. The van der Waals surface area contributed by atoms with Crippen molar-refractivity contribution in [1.82, 2.24) is 24.6 Å². The average Bonchev–Trinajstić information content (AvgIpc) is 3.73. The molecule has 4 heterocycles. The lowest BCUT2D eigenvalue weighted by Crippen LogP contribution is -2.49. The maximum Gasteiger partial charge on any atom is 0.273 e. The van der Waals surface area contributed by atoms with Crippen molar-refractivity contribution in [1.29, 1.82) is 0 Å². The number of piperazine rings is 1. The van der Waals surface area contributed by atoms with Crippen molar-refractivity contribution in [3.05, 3.63) is 93.3 Å². The molecule has 0 N–H and O–H groups in total. The zero-order chi connectivity index (χ0) is 26.8. The van der Waals surface area contributed by atoms with Crippen molar-refractivity contribution in [2.75, 3.05) is 31.1 Å². The van der Waals surface area contributed by atoms with Gasteiger partial charge in [0.2, 0.25) is 0 Å². The smallest absolute Gasteiger partial charge is 0.273 e. The summed E-state index contributed by atoms with van der Waals surface area (Å²) in [5.41, 5.74) is 5.25. The van der Waals surface area contributed by atoms with Crippen LogP contribution in [-0.2, 0) is 5.75 Å². The molecule has 0 atom stereocenters. The highest BCUT2D eigenvalue weighted by atomic mass is 32.2. The monoisotopic (exact) mass is 572 g/mol. The van der Waals surface area contributed by atoms with Crippen LogP contribution in [0, 0.1) is 13.8 Å². The first-order valence-electron chi connectivity index (χ1n) is 12.8. The first kappa shape index (κ1) is 25.8. The topological polar surface area (TPSA) is 67.2 Å². The number of nitrogens with zero attached hydrogens (tertiary/aromatic N) is 6. The van der Waals surface area contributed by atoms with Gasteiger partial charge in [0.15, 0.2) is 11.0 Å². The normalized spacial score (nSPS) is 13.7. The summed E-state index contributed by atoms with van der Waals surface area (Å²) in [6.45, 7) is 7.26. The highest BCUT2D eigenvalue weighted by Gasteiger charge is 2.25. The van der Waals surface area contributed by atoms with Gasteiger partial charge in [-0.05, 0) is 54.6 Å². The van der Waals surface area contributed by atoms with Gasteiger partial charge in [0.25, 0.3) is 5.91 Å². The molecule has 1 saturated heterocycles. The summed E-state index contributed by atoms with van der Waals surface area (Å²) >= 11 is 4.76. The van der Waals surface area contributed by atoms with Crippen LogP contribution < -0.4 is 4.90 Å². The third-order valence-corrected chi connectivity index (χ3v) is 9.59. The molecule has 39 heavy (non-hydrogen) atoms. The number of rotatable bonds is 7. The Kier molecular flexibility index (Phi) is 7.49. The van der Waals surface area contributed by atoms with Crippen LogP contribution in [0.25, 0.3) is 16.4 Å². The number of thioether (sulfide) groups is 1. The molecule has 10 heteroatoms. The predicted molar refractivity (Wildman–Crippen MR) is 160 cm³/mol. The molecule has 0 radical (unpaired) electrons. The molecule has 0 unspecified atom stereocenters. The van der Waals surface area contributed by atoms with Crippen LogP contribution in [0.4, 0.5) is 5.69 Å². The lowest BCUT2D eigenvalue weighted by molar-refractivity contribution is 0.0741. The molecule has 3 aromatic heterocycles. The van der Waals surface area contributed by atoms with E-state index in [9.17, 15) is 4.79 Å². The van der Waals surface area contributed by atoms with E-state index in [1.54, 1.807) is 23.1 Å². The van der Waals surface area contributed by atoms with E-state index in [0.717, 1.165) is 39.6 Å². The molecule has 1 fully saturated rings. The van der Waals surface area contributed by atoms with Crippen LogP contribution in [0.3, 0.4) is 0 Å². The molecule has 1 amide bonds. The van der Waals surface area contributed by atoms with Crippen LogP contribution in [0.2, 0.25) is 0 Å². The minimum Gasteiger partial charge on any atom is -0.368 e. The molecular weight excluding hydrogens is 545 g/mol. The number of carbonyl (C=O) groups is 1. The maximum atomic E-state index is 13.2. The molecule has 6 rings (SSSR count). The van der Waals surface area contributed by atoms with E-state index in [4.69, 9.17) is 4.98 Å². The quantitative estimate of drug-likeness (QED) is 0.213. The molecule has 7 nitrogen and oxygen atoms in total.